The molecule has 2 aromatic heterocycles. The normalized spacial score (nSPS) is 15.2. The summed E-state index contributed by atoms with van der Waals surface area (Å²) in [4.78, 5) is 16.6. The van der Waals surface area contributed by atoms with Crippen LogP contribution >= 0.6 is 0 Å². The molecule has 0 N–H and O–H groups in total. The maximum absolute atomic E-state index is 12.6. The monoisotopic (exact) mass is 336 g/mol. The minimum absolute atomic E-state index is 0.124. The van der Waals surface area contributed by atoms with Crippen LogP contribution in [0.3, 0.4) is 0 Å². The molecule has 4 rings (SSSR count). The molecule has 3 heterocycles. The number of rotatable bonds is 3. The van der Waals surface area contributed by atoms with Gasteiger partial charge in [0.25, 0.3) is 0 Å². The number of aryl methyl sites for hydroxylation is 2. The molecule has 0 bridgehead atoms. The first-order valence-corrected chi connectivity index (χ1v) is 8.36. The Bertz CT molecular complexity index is 917. The topological polar surface area (TPSA) is 66.6 Å². The Kier molecular flexibility index (Phi) is 3.83. The fraction of sp³-hybridized carbons (Fsp3) is 0.333. The van der Waals surface area contributed by atoms with Crippen LogP contribution in [0.2, 0.25) is 0 Å². The fourth-order valence-corrected chi connectivity index (χ4v) is 3.16. The lowest BCUT2D eigenvalue weighted by atomic mass is 10.1. The van der Waals surface area contributed by atoms with Gasteiger partial charge in [-0.2, -0.15) is 9.61 Å². The Labute approximate surface area is 145 Å². The summed E-state index contributed by atoms with van der Waals surface area (Å²) in [5, 5.41) is 12.4. The third-order valence-electron chi connectivity index (χ3n) is 4.52. The van der Waals surface area contributed by atoms with Crippen LogP contribution in [0.15, 0.2) is 36.7 Å². The van der Waals surface area contributed by atoms with Crippen LogP contribution in [-0.4, -0.2) is 50.3 Å². The van der Waals surface area contributed by atoms with E-state index in [9.17, 15) is 4.79 Å². The maximum atomic E-state index is 12.6. The van der Waals surface area contributed by atoms with Crippen molar-refractivity contribution in [2.45, 2.75) is 20.4 Å². The minimum atomic E-state index is 0.124. The average molecular weight is 336 g/mol. The van der Waals surface area contributed by atoms with E-state index in [1.54, 1.807) is 10.8 Å². The number of benzene rings is 1. The Morgan fingerprint density at radius 2 is 1.92 bits per heavy atom. The third-order valence-corrected chi connectivity index (χ3v) is 4.52. The van der Waals surface area contributed by atoms with Gasteiger partial charge in [0.2, 0.25) is 11.6 Å². The highest BCUT2D eigenvalue weighted by molar-refractivity contribution is 5.84. The maximum Gasteiger partial charge on any atom is 0.242 e. The van der Waals surface area contributed by atoms with Gasteiger partial charge >= 0.3 is 0 Å². The van der Waals surface area contributed by atoms with E-state index < -0.39 is 0 Å². The number of anilines is 1. The van der Waals surface area contributed by atoms with E-state index in [0.29, 0.717) is 25.3 Å². The highest BCUT2D eigenvalue weighted by Gasteiger charge is 2.26. The van der Waals surface area contributed by atoms with Crippen LogP contribution < -0.4 is 4.90 Å². The number of hydrogen-bond donors (Lipinski definition) is 0. The highest BCUT2D eigenvalue weighted by Crippen LogP contribution is 2.22. The van der Waals surface area contributed by atoms with Gasteiger partial charge in [0.05, 0.1) is 17.9 Å². The van der Waals surface area contributed by atoms with E-state index in [4.69, 9.17) is 0 Å². The van der Waals surface area contributed by atoms with Gasteiger partial charge in [-0.05, 0) is 25.5 Å². The quantitative estimate of drug-likeness (QED) is 0.727. The molecule has 1 aliphatic heterocycles. The number of hydrogen-bond acceptors (Lipinski definition) is 5. The molecule has 1 aromatic carbocycles. The van der Waals surface area contributed by atoms with Crippen LogP contribution in [0.4, 0.5) is 5.69 Å². The lowest BCUT2D eigenvalue weighted by molar-refractivity contribution is -0.131. The van der Waals surface area contributed by atoms with Crippen molar-refractivity contribution in [3.05, 3.63) is 53.5 Å². The zero-order valence-corrected chi connectivity index (χ0v) is 14.4. The predicted octanol–water partition coefficient (Wildman–Crippen LogP) is 1.59. The zero-order chi connectivity index (χ0) is 17.4. The number of carbonyl (C=O) groups excluding carboxylic acids is 1. The van der Waals surface area contributed by atoms with Crippen LogP contribution in [0.25, 0.3) is 5.65 Å². The molecule has 0 saturated carbocycles. The summed E-state index contributed by atoms with van der Waals surface area (Å²) in [7, 11) is 0. The second-order valence-corrected chi connectivity index (χ2v) is 6.49. The summed E-state index contributed by atoms with van der Waals surface area (Å²) in [6.45, 7) is 6.45. The summed E-state index contributed by atoms with van der Waals surface area (Å²) >= 11 is 0. The Morgan fingerprint density at radius 1 is 1.12 bits per heavy atom. The van der Waals surface area contributed by atoms with Crippen LogP contribution in [0.5, 0.6) is 0 Å². The van der Waals surface area contributed by atoms with Crippen LogP contribution in [-0.2, 0) is 11.3 Å². The summed E-state index contributed by atoms with van der Waals surface area (Å²) in [6, 6.07) is 10.3. The zero-order valence-electron chi connectivity index (χ0n) is 14.4. The molecule has 0 aliphatic carbocycles. The first-order chi connectivity index (χ1) is 12.1. The van der Waals surface area contributed by atoms with Gasteiger partial charge in [0.1, 0.15) is 6.33 Å². The molecule has 3 aromatic rings. The van der Waals surface area contributed by atoms with Crippen LogP contribution in [0, 0.1) is 13.8 Å². The second kappa shape index (κ2) is 6.16. The molecule has 1 amide bonds. The predicted molar refractivity (Wildman–Crippen MR) is 94.3 cm³/mol. The summed E-state index contributed by atoms with van der Waals surface area (Å²) in [6.07, 6.45) is 1.58. The Balaban J connectivity index is 1.52. The van der Waals surface area contributed by atoms with E-state index in [-0.39, 0.29) is 5.91 Å². The SMILES string of the molecule is Cc1ccc(CN2CCN(c3cc(C)nn4cnnc34)CC2=O)cc1. The Morgan fingerprint density at radius 3 is 2.68 bits per heavy atom. The summed E-state index contributed by atoms with van der Waals surface area (Å²) in [5.41, 5.74) is 4.85. The molecule has 0 unspecified atom stereocenters. The minimum Gasteiger partial charge on any atom is -0.357 e. The van der Waals surface area contributed by atoms with E-state index in [1.165, 1.54) is 5.56 Å². The molecule has 1 saturated heterocycles. The van der Waals surface area contributed by atoms with Crippen molar-refractivity contribution in [3.8, 4) is 0 Å². The third kappa shape index (κ3) is 3.05. The van der Waals surface area contributed by atoms with E-state index in [2.05, 4.69) is 51.4 Å². The molecular formula is C18H20N6O. The van der Waals surface area contributed by atoms with Gasteiger partial charge in [-0.1, -0.05) is 29.8 Å². The van der Waals surface area contributed by atoms with Crippen molar-refractivity contribution in [1.29, 1.82) is 0 Å². The molecule has 1 aliphatic rings. The lowest BCUT2D eigenvalue weighted by Crippen LogP contribution is -2.50. The van der Waals surface area contributed by atoms with Crippen molar-refractivity contribution >= 4 is 17.2 Å². The lowest BCUT2D eigenvalue weighted by Gasteiger charge is -2.35. The van der Waals surface area contributed by atoms with E-state index >= 15 is 0 Å². The number of aromatic nitrogens is 4. The molecule has 1 fully saturated rings. The van der Waals surface area contributed by atoms with Crippen molar-refractivity contribution in [1.82, 2.24) is 24.7 Å². The summed E-state index contributed by atoms with van der Waals surface area (Å²) < 4.78 is 1.66. The number of carbonyl (C=O) groups is 1. The summed E-state index contributed by atoms with van der Waals surface area (Å²) in [5.74, 6) is 0.124. The first-order valence-electron chi connectivity index (χ1n) is 8.36. The van der Waals surface area contributed by atoms with Gasteiger partial charge in [-0.15, -0.1) is 10.2 Å². The van der Waals surface area contributed by atoms with Gasteiger partial charge in [0.15, 0.2) is 0 Å². The first kappa shape index (κ1) is 15.6. The number of amides is 1. The molecule has 25 heavy (non-hydrogen) atoms. The molecule has 0 spiro atoms. The van der Waals surface area contributed by atoms with Gasteiger partial charge < -0.3 is 9.80 Å². The van der Waals surface area contributed by atoms with Crippen LogP contribution in [0.1, 0.15) is 16.8 Å². The van der Waals surface area contributed by atoms with E-state index in [0.717, 1.165) is 23.5 Å². The number of piperazine rings is 1. The van der Waals surface area contributed by atoms with Crippen molar-refractivity contribution in [2.24, 2.45) is 0 Å². The number of nitrogens with zero attached hydrogens (tertiary/aromatic N) is 6. The van der Waals surface area contributed by atoms with Crippen molar-refractivity contribution in [2.75, 3.05) is 24.5 Å². The molecular weight excluding hydrogens is 316 g/mol. The Hall–Kier alpha value is -2.96. The highest BCUT2D eigenvalue weighted by atomic mass is 16.2. The van der Waals surface area contributed by atoms with E-state index in [1.807, 2.05) is 17.9 Å². The molecule has 7 heteroatoms. The fourth-order valence-electron chi connectivity index (χ4n) is 3.16. The smallest absolute Gasteiger partial charge is 0.242 e. The molecule has 0 atom stereocenters. The van der Waals surface area contributed by atoms with Crippen molar-refractivity contribution < 1.29 is 4.79 Å². The molecule has 128 valence electrons. The van der Waals surface area contributed by atoms with Crippen molar-refractivity contribution in [3.63, 3.8) is 0 Å². The van der Waals surface area contributed by atoms with Gasteiger partial charge in [-0.3, -0.25) is 4.79 Å². The standard InChI is InChI=1S/C18H20N6O/c1-13-3-5-15(6-4-13)10-23-8-7-22(11-17(23)25)16-9-14(2)21-24-12-19-20-18(16)24/h3-6,9,12H,7-8,10-11H2,1-2H3. The molecule has 0 radical (unpaired) electrons. The molecule has 7 nitrogen and oxygen atoms in total. The largest absolute Gasteiger partial charge is 0.357 e. The second-order valence-electron chi connectivity index (χ2n) is 6.49. The van der Waals surface area contributed by atoms with Gasteiger partial charge in [-0.25, -0.2) is 0 Å². The van der Waals surface area contributed by atoms with Gasteiger partial charge in [0, 0.05) is 19.6 Å². The average Bonchev–Trinajstić information content (AvgIpc) is 3.06. The number of fused-ring (bicyclic) bond motifs is 1.